The number of sulfonamides is 1. The molecule has 6 nitrogen and oxygen atoms in total. The zero-order valence-corrected chi connectivity index (χ0v) is 17.9. The highest BCUT2D eigenvalue weighted by Crippen LogP contribution is 2.23. The fraction of sp³-hybridized carbons (Fsp3) is 0.300. The Kier molecular flexibility index (Phi) is 6.64. The molecule has 2 rings (SSSR count). The van der Waals surface area contributed by atoms with E-state index in [2.05, 4.69) is 0 Å². The van der Waals surface area contributed by atoms with E-state index in [4.69, 9.17) is 16.3 Å². The van der Waals surface area contributed by atoms with E-state index >= 15 is 0 Å². The predicted octanol–water partition coefficient (Wildman–Crippen LogP) is 3.56. The fourth-order valence-electron chi connectivity index (χ4n) is 2.93. The van der Waals surface area contributed by atoms with Gasteiger partial charge >= 0.3 is 5.97 Å². The maximum atomic E-state index is 12.5. The number of ether oxygens (including phenoxy) is 1. The van der Waals surface area contributed by atoms with E-state index in [9.17, 15) is 18.0 Å². The highest BCUT2D eigenvalue weighted by Gasteiger charge is 2.22. The van der Waals surface area contributed by atoms with Crippen LogP contribution in [0.4, 0.5) is 0 Å². The Balaban J connectivity index is 2.23. The van der Waals surface area contributed by atoms with E-state index < -0.39 is 22.6 Å². The molecule has 0 bridgehead atoms. The van der Waals surface area contributed by atoms with Crippen molar-refractivity contribution in [2.45, 2.75) is 25.7 Å². The van der Waals surface area contributed by atoms with Gasteiger partial charge in [0.25, 0.3) is 0 Å². The molecule has 150 valence electrons. The molecule has 28 heavy (non-hydrogen) atoms. The lowest BCUT2D eigenvalue weighted by molar-refractivity contribution is 0.0474. The van der Waals surface area contributed by atoms with E-state index in [1.807, 2.05) is 32.9 Å². The summed E-state index contributed by atoms with van der Waals surface area (Å²) >= 11 is 6.03. The van der Waals surface area contributed by atoms with Gasteiger partial charge < -0.3 is 4.74 Å². The van der Waals surface area contributed by atoms with Crippen LogP contribution in [0.2, 0.25) is 5.02 Å². The van der Waals surface area contributed by atoms with Crippen LogP contribution in [-0.2, 0) is 14.8 Å². The van der Waals surface area contributed by atoms with Crippen LogP contribution in [0.3, 0.4) is 0 Å². The minimum Gasteiger partial charge on any atom is -0.454 e. The van der Waals surface area contributed by atoms with Crippen LogP contribution in [-0.4, -0.2) is 45.2 Å². The number of benzene rings is 2. The largest absolute Gasteiger partial charge is 0.454 e. The van der Waals surface area contributed by atoms with Crippen LogP contribution in [0.25, 0.3) is 0 Å². The fourth-order valence-corrected chi connectivity index (χ4v) is 4.06. The smallest absolute Gasteiger partial charge is 0.340 e. The van der Waals surface area contributed by atoms with Crippen LogP contribution in [0, 0.1) is 20.8 Å². The van der Waals surface area contributed by atoms with Crippen molar-refractivity contribution >= 4 is 33.4 Å². The molecule has 2 aromatic carbocycles. The van der Waals surface area contributed by atoms with E-state index in [-0.39, 0.29) is 21.3 Å². The van der Waals surface area contributed by atoms with Gasteiger partial charge in [-0.05, 0) is 50.1 Å². The van der Waals surface area contributed by atoms with Crippen LogP contribution in [0.15, 0.2) is 35.2 Å². The molecule has 0 fully saturated rings. The molecule has 0 heterocycles. The van der Waals surface area contributed by atoms with Crippen molar-refractivity contribution in [1.82, 2.24) is 4.31 Å². The van der Waals surface area contributed by atoms with Crippen LogP contribution in [0.5, 0.6) is 0 Å². The van der Waals surface area contributed by atoms with Gasteiger partial charge in [-0.15, -0.1) is 0 Å². The first kappa shape index (κ1) is 22.1. The summed E-state index contributed by atoms with van der Waals surface area (Å²) in [6.07, 6.45) is 0. The predicted molar refractivity (Wildman–Crippen MR) is 108 cm³/mol. The third-order valence-corrected chi connectivity index (χ3v) is 6.37. The highest BCUT2D eigenvalue weighted by molar-refractivity contribution is 7.89. The topological polar surface area (TPSA) is 80.8 Å². The number of nitrogens with zero attached hydrogens (tertiary/aromatic N) is 1. The molecule has 0 aliphatic carbocycles. The summed E-state index contributed by atoms with van der Waals surface area (Å²) in [4.78, 5) is 24.8. The van der Waals surface area contributed by atoms with Gasteiger partial charge in [0.2, 0.25) is 15.8 Å². The molecule has 0 unspecified atom stereocenters. The Labute approximate surface area is 170 Å². The molecule has 0 saturated heterocycles. The summed E-state index contributed by atoms with van der Waals surface area (Å²) < 4.78 is 30.6. The molecular weight excluding hydrogens is 402 g/mol. The summed E-state index contributed by atoms with van der Waals surface area (Å²) in [5.74, 6) is -1.20. The van der Waals surface area contributed by atoms with Crippen molar-refractivity contribution in [3.63, 3.8) is 0 Å². The molecule has 0 amide bonds. The van der Waals surface area contributed by atoms with Crippen molar-refractivity contribution in [2.24, 2.45) is 0 Å². The maximum Gasteiger partial charge on any atom is 0.340 e. The van der Waals surface area contributed by atoms with Gasteiger partial charge in [-0.2, -0.15) is 0 Å². The molecular formula is C20H22ClNO5S. The van der Waals surface area contributed by atoms with Crippen molar-refractivity contribution in [3.8, 4) is 0 Å². The third-order valence-electron chi connectivity index (χ3n) is 4.23. The number of aryl methyl sites for hydroxylation is 3. The van der Waals surface area contributed by atoms with E-state index in [0.29, 0.717) is 5.56 Å². The molecule has 2 aromatic rings. The number of hydrogen-bond donors (Lipinski definition) is 0. The molecule has 8 heteroatoms. The summed E-state index contributed by atoms with van der Waals surface area (Å²) in [5, 5.41) is 0.0397. The number of halogens is 1. The minimum absolute atomic E-state index is 0.0397. The van der Waals surface area contributed by atoms with E-state index in [0.717, 1.165) is 27.1 Å². The number of carbonyl (C=O) groups excluding carboxylic acids is 2. The SMILES string of the molecule is Cc1cc(C)c(C(=O)COC(=O)c2cc(S(=O)(=O)N(C)C)ccc2Cl)c(C)c1. The molecule has 0 aliphatic rings. The monoisotopic (exact) mass is 423 g/mol. The van der Waals surface area contributed by atoms with E-state index in [1.54, 1.807) is 0 Å². The lowest BCUT2D eigenvalue weighted by Gasteiger charge is -2.13. The lowest BCUT2D eigenvalue weighted by Crippen LogP contribution is -2.23. The summed E-state index contributed by atoms with van der Waals surface area (Å²) in [6.45, 7) is 5.11. The second kappa shape index (κ2) is 8.43. The molecule has 0 atom stereocenters. The number of esters is 1. The first-order valence-electron chi connectivity index (χ1n) is 8.45. The van der Waals surface area contributed by atoms with Crippen LogP contribution < -0.4 is 0 Å². The van der Waals surface area contributed by atoms with Crippen molar-refractivity contribution in [1.29, 1.82) is 0 Å². The number of Topliss-reactive ketones (excluding diaryl/α,β-unsaturated/α-hetero) is 1. The number of rotatable bonds is 6. The molecule has 0 N–H and O–H groups in total. The van der Waals surface area contributed by atoms with Crippen molar-refractivity contribution in [3.05, 3.63) is 63.2 Å². The summed E-state index contributed by atoms with van der Waals surface area (Å²) in [7, 11) is -0.976. The average Bonchev–Trinajstić information content (AvgIpc) is 2.58. The van der Waals surface area contributed by atoms with Gasteiger partial charge in [-0.25, -0.2) is 17.5 Å². The summed E-state index contributed by atoms with van der Waals surface area (Å²) in [5.41, 5.74) is 3.03. The van der Waals surface area contributed by atoms with Gasteiger partial charge in [-0.1, -0.05) is 29.3 Å². The van der Waals surface area contributed by atoms with Gasteiger partial charge in [0.1, 0.15) is 0 Å². The Morgan fingerprint density at radius 3 is 2.14 bits per heavy atom. The highest BCUT2D eigenvalue weighted by atomic mass is 35.5. The second-order valence-electron chi connectivity index (χ2n) is 6.70. The molecule has 0 aromatic heterocycles. The minimum atomic E-state index is -3.74. The second-order valence-corrected chi connectivity index (χ2v) is 9.26. The Morgan fingerprint density at radius 1 is 1.04 bits per heavy atom. The van der Waals surface area contributed by atoms with Gasteiger partial charge in [-0.3, -0.25) is 4.79 Å². The van der Waals surface area contributed by atoms with Gasteiger partial charge in [0, 0.05) is 19.7 Å². The average molecular weight is 424 g/mol. The normalized spacial score (nSPS) is 11.5. The standard InChI is InChI=1S/C20H22ClNO5S/c1-12-8-13(2)19(14(3)9-12)18(23)11-27-20(24)16-10-15(6-7-17(16)21)28(25,26)22(4)5/h6-10H,11H2,1-5H3. The van der Waals surface area contributed by atoms with Crippen molar-refractivity contribution < 1.29 is 22.7 Å². The molecule has 0 saturated carbocycles. The first-order chi connectivity index (χ1) is 12.9. The molecule has 0 aliphatic heterocycles. The Hall–Kier alpha value is -2.22. The quantitative estimate of drug-likeness (QED) is 0.524. The Bertz CT molecular complexity index is 1020. The third kappa shape index (κ3) is 4.60. The lowest BCUT2D eigenvalue weighted by atomic mass is 9.97. The zero-order valence-electron chi connectivity index (χ0n) is 16.4. The van der Waals surface area contributed by atoms with Gasteiger partial charge in [0.05, 0.1) is 15.5 Å². The first-order valence-corrected chi connectivity index (χ1v) is 10.3. The van der Waals surface area contributed by atoms with Crippen LogP contribution >= 0.6 is 11.6 Å². The number of ketones is 1. The van der Waals surface area contributed by atoms with Gasteiger partial charge in [0.15, 0.2) is 6.61 Å². The van der Waals surface area contributed by atoms with Crippen LogP contribution in [0.1, 0.15) is 37.4 Å². The molecule has 0 spiro atoms. The van der Waals surface area contributed by atoms with Crippen molar-refractivity contribution in [2.75, 3.05) is 20.7 Å². The molecule has 0 radical (unpaired) electrons. The number of carbonyl (C=O) groups is 2. The van der Waals surface area contributed by atoms with E-state index in [1.165, 1.54) is 26.2 Å². The zero-order chi connectivity index (χ0) is 21.2. The number of hydrogen-bond acceptors (Lipinski definition) is 5. The summed E-state index contributed by atoms with van der Waals surface area (Å²) in [6, 6.07) is 7.53. The Morgan fingerprint density at radius 2 is 1.61 bits per heavy atom. The maximum absolute atomic E-state index is 12.5.